The Hall–Kier alpha value is -2.32. The van der Waals surface area contributed by atoms with E-state index in [1.807, 2.05) is 36.9 Å². The summed E-state index contributed by atoms with van der Waals surface area (Å²) in [6.45, 7) is 10.7. The predicted octanol–water partition coefficient (Wildman–Crippen LogP) is 4.63. The molecular formula is C25H37N5O2S. The number of carbonyl (C=O) groups is 2. The average molecular weight is 472 g/mol. The summed E-state index contributed by atoms with van der Waals surface area (Å²) in [6, 6.07) is 5.69. The van der Waals surface area contributed by atoms with Crippen LogP contribution in [0.4, 0.5) is 5.69 Å². The molecule has 180 valence electrons. The molecule has 1 aromatic carbocycles. The van der Waals surface area contributed by atoms with Crippen molar-refractivity contribution in [3.05, 3.63) is 39.9 Å². The second kappa shape index (κ2) is 12.2. The maximum atomic E-state index is 13.0. The van der Waals surface area contributed by atoms with E-state index in [4.69, 9.17) is 0 Å². The van der Waals surface area contributed by atoms with Gasteiger partial charge >= 0.3 is 0 Å². The third-order valence-electron chi connectivity index (χ3n) is 5.98. The van der Waals surface area contributed by atoms with Crippen LogP contribution >= 0.6 is 11.5 Å². The van der Waals surface area contributed by atoms with Crippen molar-refractivity contribution in [2.24, 2.45) is 5.92 Å². The Balaban J connectivity index is 1.83. The highest BCUT2D eigenvalue weighted by molar-refractivity contribution is 7.05. The van der Waals surface area contributed by atoms with Gasteiger partial charge in [0.2, 0.25) is 5.91 Å². The monoisotopic (exact) mass is 471 g/mol. The van der Waals surface area contributed by atoms with E-state index in [1.165, 1.54) is 24.4 Å². The molecular weight excluding hydrogens is 434 g/mol. The molecule has 2 amide bonds. The fourth-order valence-electron chi connectivity index (χ4n) is 4.11. The molecule has 0 fully saturated rings. The summed E-state index contributed by atoms with van der Waals surface area (Å²) in [5.41, 5.74) is 3.43. The lowest BCUT2D eigenvalue weighted by molar-refractivity contribution is -0.121. The van der Waals surface area contributed by atoms with Crippen LogP contribution in [-0.4, -0.2) is 34.5 Å². The minimum atomic E-state index is -0.131. The minimum absolute atomic E-state index is 0.0788. The predicted molar refractivity (Wildman–Crippen MR) is 134 cm³/mol. The quantitative estimate of drug-likeness (QED) is 0.664. The second-order valence-corrected chi connectivity index (χ2v) is 10.2. The van der Waals surface area contributed by atoms with Crippen LogP contribution in [-0.2, 0) is 17.9 Å². The third kappa shape index (κ3) is 6.84. The van der Waals surface area contributed by atoms with Crippen LogP contribution in [0.2, 0.25) is 0 Å². The van der Waals surface area contributed by atoms with Crippen LogP contribution in [0.25, 0.3) is 0 Å². The Morgan fingerprint density at radius 2 is 1.88 bits per heavy atom. The molecule has 0 radical (unpaired) electrons. The van der Waals surface area contributed by atoms with E-state index in [-0.39, 0.29) is 23.7 Å². The number of nitrogens with one attached hydrogen (secondary N) is 2. The molecule has 2 heterocycles. The van der Waals surface area contributed by atoms with Crippen molar-refractivity contribution < 1.29 is 9.59 Å². The third-order valence-corrected chi connectivity index (χ3v) is 6.72. The largest absolute Gasteiger partial charge is 0.347 e. The maximum Gasteiger partial charge on any atom is 0.251 e. The van der Waals surface area contributed by atoms with Gasteiger partial charge in [-0.25, -0.2) is 0 Å². The van der Waals surface area contributed by atoms with Crippen molar-refractivity contribution >= 4 is 29.0 Å². The van der Waals surface area contributed by atoms with Crippen molar-refractivity contribution in [1.29, 1.82) is 0 Å². The first kappa shape index (κ1) is 25.3. The molecule has 1 aliphatic heterocycles. The van der Waals surface area contributed by atoms with Crippen molar-refractivity contribution in [1.82, 2.24) is 20.2 Å². The number of anilines is 1. The van der Waals surface area contributed by atoms with E-state index in [9.17, 15) is 9.59 Å². The zero-order chi connectivity index (χ0) is 23.8. The zero-order valence-corrected chi connectivity index (χ0v) is 21.1. The second-order valence-electron chi connectivity index (χ2n) is 9.35. The van der Waals surface area contributed by atoms with E-state index in [0.717, 1.165) is 47.6 Å². The van der Waals surface area contributed by atoms with Gasteiger partial charge in [0, 0.05) is 30.3 Å². The molecule has 1 aliphatic rings. The fourth-order valence-corrected chi connectivity index (χ4v) is 4.84. The fraction of sp³-hybridized carbons (Fsp3) is 0.600. The first-order chi connectivity index (χ1) is 15.9. The number of carbonyl (C=O) groups excluding carboxylic acids is 2. The Morgan fingerprint density at radius 1 is 1.12 bits per heavy atom. The molecule has 3 rings (SSSR count). The Labute approximate surface area is 201 Å². The van der Waals surface area contributed by atoms with E-state index in [0.29, 0.717) is 25.2 Å². The highest BCUT2D eigenvalue weighted by Gasteiger charge is 2.22. The van der Waals surface area contributed by atoms with Gasteiger partial charge in [-0.15, -0.1) is 5.10 Å². The zero-order valence-electron chi connectivity index (χ0n) is 20.3. The van der Waals surface area contributed by atoms with Crippen LogP contribution in [0.5, 0.6) is 0 Å². The lowest BCUT2D eigenvalue weighted by Crippen LogP contribution is -2.36. The summed E-state index contributed by atoms with van der Waals surface area (Å²) in [5, 5.41) is 10.7. The van der Waals surface area contributed by atoms with Gasteiger partial charge in [-0.3, -0.25) is 9.59 Å². The molecule has 33 heavy (non-hydrogen) atoms. The first-order valence-electron chi connectivity index (χ1n) is 12.1. The maximum absolute atomic E-state index is 13.0. The average Bonchev–Trinajstić information content (AvgIpc) is 3.26. The minimum Gasteiger partial charge on any atom is -0.347 e. The molecule has 1 aromatic heterocycles. The summed E-state index contributed by atoms with van der Waals surface area (Å²) in [4.78, 5) is 28.9. The summed E-state index contributed by atoms with van der Waals surface area (Å²) >= 11 is 1.33. The topological polar surface area (TPSA) is 87.2 Å². The molecule has 0 unspecified atom stereocenters. The molecule has 0 bridgehead atoms. The number of benzene rings is 1. The molecule has 2 aromatic rings. The summed E-state index contributed by atoms with van der Waals surface area (Å²) in [5.74, 6) is 0.187. The van der Waals surface area contributed by atoms with Gasteiger partial charge in [0.1, 0.15) is 0 Å². The number of hydrogen-bond donors (Lipinski definition) is 2. The van der Waals surface area contributed by atoms with Crippen LogP contribution in [0, 0.1) is 5.92 Å². The van der Waals surface area contributed by atoms with E-state index < -0.39 is 0 Å². The smallest absolute Gasteiger partial charge is 0.251 e. The molecule has 0 saturated heterocycles. The summed E-state index contributed by atoms with van der Waals surface area (Å²) in [6.07, 6.45) is 5.67. The summed E-state index contributed by atoms with van der Waals surface area (Å²) in [7, 11) is 0. The molecule has 8 heteroatoms. The highest BCUT2D eigenvalue weighted by atomic mass is 32.1. The molecule has 0 aliphatic carbocycles. The van der Waals surface area contributed by atoms with Crippen molar-refractivity contribution in [2.75, 3.05) is 18.0 Å². The lowest BCUT2D eigenvalue weighted by atomic mass is 10.0. The Kier molecular flexibility index (Phi) is 9.38. The standard InChI is InChI=1S/C25H37N5O2S/c1-17(2)23-22(33-29-28-23)16-27-24(31)19-10-11-21-20(14-19)15-26-12-8-6-5-7-9-13-30(21)25(32)18(3)4/h10-11,14,17-18,26H,5-9,12-13,15-16H2,1-4H3,(H,27,31). The van der Waals surface area contributed by atoms with E-state index >= 15 is 0 Å². The molecule has 0 atom stereocenters. The number of fused-ring (bicyclic) bond motifs is 1. The first-order valence-corrected chi connectivity index (χ1v) is 12.9. The molecule has 0 saturated carbocycles. The molecule has 7 nitrogen and oxygen atoms in total. The highest BCUT2D eigenvalue weighted by Crippen LogP contribution is 2.26. The Morgan fingerprint density at radius 3 is 2.64 bits per heavy atom. The normalized spacial score (nSPS) is 15.6. The van der Waals surface area contributed by atoms with Gasteiger partial charge in [0.05, 0.1) is 17.1 Å². The summed E-state index contributed by atoms with van der Waals surface area (Å²) < 4.78 is 4.04. The van der Waals surface area contributed by atoms with Crippen LogP contribution < -0.4 is 15.5 Å². The van der Waals surface area contributed by atoms with Crippen molar-refractivity contribution in [2.45, 2.75) is 78.8 Å². The number of aromatic nitrogens is 2. The number of hydrogen-bond acceptors (Lipinski definition) is 6. The van der Waals surface area contributed by atoms with Gasteiger partial charge in [0.15, 0.2) is 0 Å². The number of amides is 2. The number of rotatable bonds is 5. The van der Waals surface area contributed by atoms with Crippen molar-refractivity contribution in [3.63, 3.8) is 0 Å². The Bertz CT molecular complexity index is 941. The van der Waals surface area contributed by atoms with Gasteiger partial charge in [0.25, 0.3) is 5.91 Å². The lowest BCUT2D eigenvalue weighted by Gasteiger charge is -2.28. The molecule has 2 N–H and O–H groups in total. The van der Waals surface area contributed by atoms with Gasteiger partial charge in [-0.1, -0.05) is 51.4 Å². The van der Waals surface area contributed by atoms with Gasteiger partial charge < -0.3 is 15.5 Å². The van der Waals surface area contributed by atoms with Crippen molar-refractivity contribution in [3.8, 4) is 0 Å². The van der Waals surface area contributed by atoms with Crippen LogP contribution in [0.15, 0.2) is 18.2 Å². The van der Waals surface area contributed by atoms with E-state index in [2.05, 4.69) is 34.1 Å². The molecule has 0 spiro atoms. The SMILES string of the molecule is CC(C)C(=O)N1CCCCCCCNCc2cc(C(=O)NCc3snnc3C(C)C)ccc21. The van der Waals surface area contributed by atoms with Crippen LogP contribution in [0.1, 0.15) is 92.2 Å². The van der Waals surface area contributed by atoms with E-state index in [1.54, 1.807) is 0 Å². The van der Waals surface area contributed by atoms with Gasteiger partial charge in [-0.2, -0.15) is 0 Å². The van der Waals surface area contributed by atoms with Gasteiger partial charge in [-0.05, 0) is 60.6 Å². The van der Waals surface area contributed by atoms with Crippen LogP contribution in [0.3, 0.4) is 0 Å². The number of nitrogens with zero attached hydrogens (tertiary/aromatic N) is 3.